The molecule has 140 valence electrons. The third-order valence-corrected chi connectivity index (χ3v) is 4.46. The Morgan fingerprint density at radius 2 is 2.04 bits per heavy atom. The number of para-hydroxylation sites is 1. The Labute approximate surface area is 173 Å². The summed E-state index contributed by atoms with van der Waals surface area (Å²) in [6.45, 7) is 1.63. The number of nitrogens with zero attached hydrogens (tertiary/aromatic N) is 3. The molecule has 0 spiro atoms. The van der Waals surface area contributed by atoms with E-state index >= 15 is 0 Å². The summed E-state index contributed by atoms with van der Waals surface area (Å²) < 4.78 is 1.89. The summed E-state index contributed by atoms with van der Waals surface area (Å²) in [5, 5.41) is 11.2. The summed E-state index contributed by atoms with van der Waals surface area (Å²) >= 11 is 0. The van der Waals surface area contributed by atoms with Gasteiger partial charge in [-0.15, -0.1) is 24.0 Å². The van der Waals surface area contributed by atoms with Crippen molar-refractivity contribution in [3.63, 3.8) is 0 Å². The molecule has 0 aliphatic heterocycles. The predicted octanol–water partition coefficient (Wildman–Crippen LogP) is 4.05. The monoisotopic (exact) mass is 465 g/mol. The van der Waals surface area contributed by atoms with Gasteiger partial charge in [0.15, 0.2) is 5.96 Å². The van der Waals surface area contributed by atoms with E-state index in [1.54, 1.807) is 5.57 Å². The van der Waals surface area contributed by atoms with Crippen LogP contribution in [-0.4, -0.2) is 29.3 Å². The number of rotatable bonds is 6. The van der Waals surface area contributed by atoms with Crippen LogP contribution >= 0.6 is 24.0 Å². The zero-order valence-corrected chi connectivity index (χ0v) is 17.6. The summed E-state index contributed by atoms with van der Waals surface area (Å²) in [5.41, 5.74) is 3.78. The number of halogens is 1. The second-order valence-corrected chi connectivity index (χ2v) is 6.34. The molecule has 0 unspecified atom stereocenters. The lowest BCUT2D eigenvalue weighted by molar-refractivity contribution is 0.665. The standard InChI is InChI=1S/C20H27N5.HI/c1-21-20(22-13-12-17-8-4-2-5-9-17)23-14-18-15-24-25(16-18)19-10-6-3-7-11-19;/h3,6-8,10-11,15-16H,2,4-5,9,12-14H2,1H3,(H2,21,22,23);1H. The van der Waals surface area contributed by atoms with Crippen LogP contribution in [0.5, 0.6) is 0 Å². The minimum atomic E-state index is 0. The van der Waals surface area contributed by atoms with Crippen molar-refractivity contribution in [2.45, 2.75) is 38.6 Å². The van der Waals surface area contributed by atoms with Gasteiger partial charge in [0.2, 0.25) is 0 Å². The molecule has 2 N–H and O–H groups in total. The third-order valence-electron chi connectivity index (χ3n) is 4.46. The Balaban J connectivity index is 0.00000243. The van der Waals surface area contributed by atoms with Crippen LogP contribution in [0.25, 0.3) is 5.69 Å². The van der Waals surface area contributed by atoms with E-state index in [9.17, 15) is 0 Å². The highest BCUT2D eigenvalue weighted by molar-refractivity contribution is 14.0. The first-order chi connectivity index (χ1) is 12.3. The molecule has 0 saturated carbocycles. The van der Waals surface area contributed by atoms with E-state index in [2.05, 4.69) is 26.8 Å². The maximum atomic E-state index is 4.42. The van der Waals surface area contributed by atoms with Crippen LogP contribution < -0.4 is 10.6 Å². The van der Waals surface area contributed by atoms with Gasteiger partial charge in [-0.1, -0.05) is 29.8 Å². The fourth-order valence-electron chi connectivity index (χ4n) is 3.05. The maximum Gasteiger partial charge on any atom is 0.191 e. The number of benzene rings is 1. The van der Waals surface area contributed by atoms with Gasteiger partial charge in [0, 0.05) is 31.9 Å². The van der Waals surface area contributed by atoms with Crippen molar-refractivity contribution in [1.82, 2.24) is 20.4 Å². The molecule has 0 saturated heterocycles. The van der Waals surface area contributed by atoms with Crippen molar-refractivity contribution in [3.8, 4) is 5.69 Å². The van der Waals surface area contributed by atoms with E-state index in [-0.39, 0.29) is 24.0 Å². The minimum absolute atomic E-state index is 0. The molecule has 26 heavy (non-hydrogen) atoms. The Morgan fingerprint density at radius 3 is 2.77 bits per heavy atom. The molecule has 6 heteroatoms. The normalized spacial score (nSPS) is 14.3. The van der Waals surface area contributed by atoms with E-state index in [0.717, 1.165) is 30.2 Å². The van der Waals surface area contributed by atoms with Crippen molar-refractivity contribution in [3.05, 3.63) is 59.9 Å². The van der Waals surface area contributed by atoms with Gasteiger partial charge in [0.1, 0.15) is 0 Å². The van der Waals surface area contributed by atoms with Crippen LogP contribution in [0.4, 0.5) is 0 Å². The minimum Gasteiger partial charge on any atom is -0.356 e. The average molecular weight is 465 g/mol. The number of hydrogen-bond acceptors (Lipinski definition) is 2. The van der Waals surface area contributed by atoms with Crippen molar-refractivity contribution in [2.75, 3.05) is 13.6 Å². The van der Waals surface area contributed by atoms with Crippen molar-refractivity contribution in [2.24, 2.45) is 4.99 Å². The van der Waals surface area contributed by atoms with Gasteiger partial charge >= 0.3 is 0 Å². The molecule has 1 aromatic heterocycles. The predicted molar refractivity (Wildman–Crippen MR) is 118 cm³/mol. The summed E-state index contributed by atoms with van der Waals surface area (Å²) in [7, 11) is 1.81. The fourth-order valence-corrected chi connectivity index (χ4v) is 3.05. The number of nitrogens with one attached hydrogen (secondary N) is 2. The molecule has 2 aromatic rings. The van der Waals surface area contributed by atoms with Gasteiger partial charge in [-0.3, -0.25) is 4.99 Å². The van der Waals surface area contributed by atoms with E-state index in [1.807, 2.05) is 54.5 Å². The van der Waals surface area contributed by atoms with Crippen molar-refractivity contribution in [1.29, 1.82) is 0 Å². The van der Waals surface area contributed by atoms with Gasteiger partial charge in [-0.2, -0.15) is 5.10 Å². The molecule has 0 amide bonds. The number of allylic oxidation sites excluding steroid dienone is 1. The number of hydrogen-bond donors (Lipinski definition) is 2. The van der Waals surface area contributed by atoms with Gasteiger partial charge < -0.3 is 10.6 Å². The Morgan fingerprint density at radius 1 is 1.19 bits per heavy atom. The first-order valence-corrected chi connectivity index (χ1v) is 9.06. The van der Waals surface area contributed by atoms with Crippen LogP contribution in [0, 0.1) is 0 Å². The van der Waals surface area contributed by atoms with Crippen LogP contribution in [-0.2, 0) is 6.54 Å². The molecule has 0 bridgehead atoms. The molecular formula is C20H28IN5. The van der Waals surface area contributed by atoms with E-state index in [1.165, 1.54) is 25.7 Å². The zero-order valence-electron chi connectivity index (χ0n) is 15.3. The third kappa shape index (κ3) is 6.16. The molecule has 0 radical (unpaired) electrons. The highest BCUT2D eigenvalue weighted by Gasteiger charge is 2.05. The molecule has 0 fully saturated rings. The lowest BCUT2D eigenvalue weighted by Crippen LogP contribution is -2.37. The van der Waals surface area contributed by atoms with Crippen molar-refractivity contribution < 1.29 is 0 Å². The second kappa shape index (κ2) is 11.0. The molecule has 0 atom stereocenters. The van der Waals surface area contributed by atoms with E-state index in [4.69, 9.17) is 0 Å². The maximum absolute atomic E-state index is 4.42. The summed E-state index contributed by atoms with van der Waals surface area (Å²) in [4.78, 5) is 4.30. The lowest BCUT2D eigenvalue weighted by Gasteiger charge is -2.15. The number of aliphatic imine (C=N–C) groups is 1. The largest absolute Gasteiger partial charge is 0.356 e. The van der Waals surface area contributed by atoms with Gasteiger partial charge in [-0.25, -0.2) is 4.68 Å². The Kier molecular flexibility index (Phi) is 8.67. The molecule has 5 nitrogen and oxygen atoms in total. The molecule has 3 rings (SSSR count). The molecular weight excluding hydrogens is 437 g/mol. The molecule has 1 aromatic carbocycles. The lowest BCUT2D eigenvalue weighted by atomic mass is 9.97. The first kappa shape index (κ1) is 20.5. The van der Waals surface area contributed by atoms with Gasteiger partial charge in [0.25, 0.3) is 0 Å². The Hall–Kier alpha value is -1.83. The van der Waals surface area contributed by atoms with Crippen LogP contribution in [0.1, 0.15) is 37.7 Å². The van der Waals surface area contributed by atoms with Crippen LogP contribution in [0.15, 0.2) is 59.4 Å². The first-order valence-electron chi connectivity index (χ1n) is 9.06. The topological polar surface area (TPSA) is 54.2 Å². The Bertz CT molecular complexity index is 721. The highest BCUT2D eigenvalue weighted by Crippen LogP contribution is 2.19. The second-order valence-electron chi connectivity index (χ2n) is 6.34. The van der Waals surface area contributed by atoms with Gasteiger partial charge in [-0.05, 0) is 44.2 Å². The smallest absolute Gasteiger partial charge is 0.191 e. The number of guanidine groups is 1. The average Bonchev–Trinajstić information content (AvgIpc) is 3.15. The molecule has 1 aliphatic carbocycles. The van der Waals surface area contributed by atoms with Crippen LogP contribution in [0.2, 0.25) is 0 Å². The SMILES string of the molecule is CN=C(NCCC1=CCCCC1)NCc1cnn(-c2ccccc2)c1.I. The van der Waals surface area contributed by atoms with Crippen molar-refractivity contribution >= 4 is 29.9 Å². The molecule has 1 heterocycles. The summed E-state index contributed by atoms with van der Waals surface area (Å²) in [6, 6.07) is 10.1. The number of aromatic nitrogens is 2. The highest BCUT2D eigenvalue weighted by atomic mass is 127. The van der Waals surface area contributed by atoms with Crippen LogP contribution in [0.3, 0.4) is 0 Å². The quantitative estimate of drug-likeness (QED) is 0.293. The van der Waals surface area contributed by atoms with Gasteiger partial charge in [0.05, 0.1) is 11.9 Å². The summed E-state index contributed by atoms with van der Waals surface area (Å²) in [6.07, 6.45) is 12.6. The van der Waals surface area contributed by atoms with E-state index in [0.29, 0.717) is 6.54 Å². The molecule has 1 aliphatic rings. The van der Waals surface area contributed by atoms with E-state index < -0.39 is 0 Å². The summed E-state index contributed by atoms with van der Waals surface area (Å²) in [5.74, 6) is 0.837. The zero-order chi connectivity index (χ0) is 17.3. The fraction of sp³-hybridized carbons (Fsp3) is 0.400.